The van der Waals surface area contributed by atoms with Crippen molar-refractivity contribution in [3.8, 4) is 0 Å². The summed E-state index contributed by atoms with van der Waals surface area (Å²) in [5.41, 5.74) is 1.42. The second-order valence-corrected chi connectivity index (χ2v) is 5.58. The average Bonchev–Trinajstić information content (AvgIpc) is 2.72. The van der Waals surface area contributed by atoms with Gasteiger partial charge in [0.1, 0.15) is 6.54 Å². The highest BCUT2D eigenvalue weighted by atomic mass is 35.5. The predicted octanol–water partition coefficient (Wildman–Crippen LogP) is 4.12. The number of nitrogens with one attached hydrogen (secondary N) is 1. The molecular formula is C15H15ClF3N3O. The van der Waals surface area contributed by atoms with Crippen LogP contribution in [0.25, 0.3) is 0 Å². The Bertz CT molecular complexity index is 753. The van der Waals surface area contributed by atoms with Gasteiger partial charge in [0, 0.05) is 5.69 Å². The van der Waals surface area contributed by atoms with E-state index < -0.39 is 22.8 Å². The van der Waals surface area contributed by atoms with Crippen molar-refractivity contribution in [1.82, 2.24) is 9.78 Å². The summed E-state index contributed by atoms with van der Waals surface area (Å²) in [7, 11) is 0. The summed E-state index contributed by atoms with van der Waals surface area (Å²) in [5.74, 6) is -0.477. The lowest BCUT2D eigenvalue weighted by molar-refractivity contribution is -0.141. The third-order valence-electron chi connectivity index (χ3n) is 3.57. The zero-order valence-corrected chi connectivity index (χ0v) is 13.5. The minimum Gasteiger partial charge on any atom is -0.324 e. The second kappa shape index (κ2) is 6.23. The number of halogens is 4. The van der Waals surface area contributed by atoms with Gasteiger partial charge >= 0.3 is 6.18 Å². The minimum absolute atomic E-state index is 0.0927. The first-order chi connectivity index (χ1) is 10.6. The molecule has 1 N–H and O–H groups in total. The number of benzene rings is 1. The number of aromatic nitrogens is 2. The number of amides is 1. The smallest absolute Gasteiger partial charge is 0.324 e. The molecule has 2 aromatic rings. The maximum atomic E-state index is 12.8. The average molecular weight is 346 g/mol. The predicted molar refractivity (Wildman–Crippen MR) is 81.5 cm³/mol. The van der Waals surface area contributed by atoms with Gasteiger partial charge in [-0.1, -0.05) is 23.7 Å². The molecule has 1 aromatic carbocycles. The lowest BCUT2D eigenvalue weighted by Crippen LogP contribution is -2.21. The summed E-state index contributed by atoms with van der Waals surface area (Å²) in [5, 5.41) is 5.58. The monoisotopic (exact) mass is 345 g/mol. The Balaban J connectivity index is 2.20. The maximum absolute atomic E-state index is 12.8. The van der Waals surface area contributed by atoms with Crippen molar-refractivity contribution in [3.05, 3.63) is 45.7 Å². The van der Waals surface area contributed by atoms with E-state index in [-0.39, 0.29) is 12.2 Å². The third kappa shape index (κ3) is 3.67. The first-order valence-corrected chi connectivity index (χ1v) is 7.15. The lowest BCUT2D eigenvalue weighted by atomic mass is 10.1. The number of alkyl halides is 3. The molecule has 23 heavy (non-hydrogen) atoms. The number of nitrogens with zero attached hydrogens (tertiary/aromatic N) is 2. The van der Waals surface area contributed by atoms with E-state index in [0.29, 0.717) is 5.69 Å². The van der Waals surface area contributed by atoms with E-state index in [1.54, 1.807) is 12.1 Å². The van der Waals surface area contributed by atoms with Crippen LogP contribution in [0.15, 0.2) is 18.2 Å². The van der Waals surface area contributed by atoms with Crippen LogP contribution in [0.5, 0.6) is 0 Å². The van der Waals surface area contributed by atoms with E-state index in [2.05, 4.69) is 10.4 Å². The van der Waals surface area contributed by atoms with Crippen LogP contribution >= 0.6 is 11.6 Å². The van der Waals surface area contributed by atoms with E-state index in [4.69, 9.17) is 11.6 Å². The van der Waals surface area contributed by atoms with Crippen molar-refractivity contribution in [2.75, 3.05) is 5.32 Å². The van der Waals surface area contributed by atoms with Crippen LogP contribution in [0.4, 0.5) is 18.9 Å². The minimum atomic E-state index is -4.66. The van der Waals surface area contributed by atoms with E-state index in [1.807, 2.05) is 19.9 Å². The molecule has 0 bridgehead atoms. The summed E-state index contributed by atoms with van der Waals surface area (Å²) in [4.78, 5) is 12.1. The van der Waals surface area contributed by atoms with Crippen LogP contribution in [-0.4, -0.2) is 15.7 Å². The van der Waals surface area contributed by atoms with Gasteiger partial charge in [-0.05, 0) is 38.0 Å². The second-order valence-electron chi connectivity index (χ2n) is 5.20. The fraction of sp³-hybridized carbons (Fsp3) is 0.333. The Hall–Kier alpha value is -2.02. The van der Waals surface area contributed by atoms with E-state index >= 15 is 0 Å². The molecule has 0 unspecified atom stereocenters. The molecule has 2 rings (SSSR count). The molecule has 1 heterocycles. The summed E-state index contributed by atoms with van der Waals surface area (Å²) in [6, 6.07) is 5.41. The Morgan fingerprint density at radius 1 is 1.30 bits per heavy atom. The molecular weight excluding hydrogens is 331 g/mol. The van der Waals surface area contributed by atoms with Gasteiger partial charge in [-0.3, -0.25) is 9.48 Å². The molecule has 0 atom stereocenters. The molecule has 0 fully saturated rings. The molecule has 0 aliphatic rings. The molecule has 0 aliphatic heterocycles. The molecule has 0 saturated heterocycles. The topological polar surface area (TPSA) is 46.9 Å². The van der Waals surface area contributed by atoms with Gasteiger partial charge in [-0.25, -0.2) is 0 Å². The fourth-order valence-electron chi connectivity index (χ4n) is 2.07. The molecule has 0 saturated carbocycles. The number of hydrogen-bond acceptors (Lipinski definition) is 2. The largest absolute Gasteiger partial charge is 0.436 e. The highest BCUT2D eigenvalue weighted by Gasteiger charge is 2.38. The van der Waals surface area contributed by atoms with Crippen LogP contribution in [0.2, 0.25) is 5.02 Å². The third-order valence-corrected chi connectivity index (χ3v) is 4.03. The van der Waals surface area contributed by atoms with Gasteiger partial charge in [0.15, 0.2) is 5.69 Å². The van der Waals surface area contributed by atoms with Gasteiger partial charge in [0.2, 0.25) is 5.91 Å². The van der Waals surface area contributed by atoms with E-state index in [9.17, 15) is 18.0 Å². The number of carbonyl (C=O) groups is 1. The van der Waals surface area contributed by atoms with Gasteiger partial charge in [-0.2, -0.15) is 18.3 Å². The Morgan fingerprint density at radius 3 is 2.52 bits per heavy atom. The standard InChI is InChI=1S/C15H15ClF3N3O/c1-8-5-4-6-11(9(8)2)20-12(23)7-22-10(3)13(16)14(21-22)15(17,18)19/h4-6H,7H2,1-3H3,(H,20,23). The normalized spacial score (nSPS) is 11.6. The number of aryl methyl sites for hydroxylation is 1. The van der Waals surface area contributed by atoms with Crippen LogP contribution in [-0.2, 0) is 17.5 Å². The molecule has 4 nitrogen and oxygen atoms in total. The lowest BCUT2D eigenvalue weighted by Gasteiger charge is -2.11. The molecule has 0 aliphatic carbocycles. The van der Waals surface area contributed by atoms with Crippen molar-refractivity contribution in [1.29, 1.82) is 0 Å². The summed E-state index contributed by atoms with van der Waals surface area (Å²) < 4.78 is 39.2. The Kier molecular flexibility index (Phi) is 4.70. The maximum Gasteiger partial charge on any atom is 0.436 e. The summed E-state index contributed by atoms with van der Waals surface area (Å²) in [6.45, 7) is 4.78. The summed E-state index contributed by atoms with van der Waals surface area (Å²) >= 11 is 5.65. The molecule has 0 spiro atoms. The van der Waals surface area contributed by atoms with E-state index in [1.165, 1.54) is 6.92 Å². The fourth-order valence-corrected chi connectivity index (χ4v) is 2.31. The van der Waals surface area contributed by atoms with Crippen LogP contribution < -0.4 is 5.32 Å². The first kappa shape index (κ1) is 17.3. The van der Waals surface area contributed by atoms with Gasteiger partial charge in [-0.15, -0.1) is 0 Å². The van der Waals surface area contributed by atoms with Crippen molar-refractivity contribution in [2.45, 2.75) is 33.5 Å². The van der Waals surface area contributed by atoms with Crippen LogP contribution in [0.3, 0.4) is 0 Å². The molecule has 124 valence electrons. The van der Waals surface area contributed by atoms with Crippen LogP contribution in [0.1, 0.15) is 22.5 Å². The number of anilines is 1. The first-order valence-electron chi connectivity index (χ1n) is 6.77. The summed E-state index contributed by atoms with van der Waals surface area (Å²) in [6.07, 6.45) is -4.66. The number of rotatable bonds is 3. The Morgan fingerprint density at radius 2 is 1.96 bits per heavy atom. The highest BCUT2D eigenvalue weighted by molar-refractivity contribution is 6.32. The van der Waals surface area contributed by atoms with Crippen molar-refractivity contribution in [3.63, 3.8) is 0 Å². The van der Waals surface area contributed by atoms with Gasteiger partial charge in [0.25, 0.3) is 0 Å². The SMILES string of the molecule is Cc1cccc(NC(=O)Cn2nc(C(F)(F)F)c(Cl)c2C)c1C. The molecule has 8 heteroatoms. The van der Waals surface area contributed by atoms with Gasteiger partial charge in [0.05, 0.1) is 10.7 Å². The van der Waals surface area contributed by atoms with Crippen molar-refractivity contribution in [2.24, 2.45) is 0 Å². The Labute approximate surface area is 136 Å². The van der Waals surface area contributed by atoms with Gasteiger partial charge < -0.3 is 5.32 Å². The van der Waals surface area contributed by atoms with Crippen molar-refractivity contribution < 1.29 is 18.0 Å². The number of hydrogen-bond donors (Lipinski definition) is 1. The number of carbonyl (C=O) groups excluding carboxylic acids is 1. The highest BCUT2D eigenvalue weighted by Crippen LogP contribution is 2.35. The zero-order chi connectivity index (χ0) is 17.4. The molecule has 0 radical (unpaired) electrons. The van der Waals surface area contributed by atoms with Crippen LogP contribution in [0, 0.1) is 20.8 Å². The molecule has 1 amide bonds. The quantitative estimate of drug-likeness (QED) is 0.909. The zero-order valence-electron chi connectivity index (χ0n) is 12.8. The van der Waals surface area contributed by atoms with E-state index in [0.717, 1.165) is 15.8 Å². The van der Waals surface area contributed by atoms with Crippen molar-refractivity contribution >= 4 is 23.2 Å². The molecule has 1 aromatic heterocycles.